The van der Waals surface area contributed by atoms with Gasteiger partial charge in [-0.05, 0) is 32.0 Å². The second-order valence-electron chi connectivity index (χ2n) is 4.42. The van der Waals surface area contributed by atoms with Gasteiger partial charge in [0, 0.05) is 5.56 Å². The fourth-order valence-corrected chi connectivity index (χ4v) is 1.83. The van der Waals surface area contributed by atoms with E-state index in [1.54, 1.807) is 13.8 Å². The smallest absolute Gasteiger partial charge is 0.258 e. The highest BCUT2D eigenvalue weighted by Crippen LogP contribution is 2.18. The van der Waals surface area contributed by atoms with Gasteiger partial charge in [-0.3, -0.25) is 9.89 Å². The number of benzene rings is 1. The van der Waals surface area contributed by atoms with E-state index >= 15 is 0 Å². The van der Waals surface area contributed by atoms with E-state index < -0.39 is 11.7 Å². The lowest BCUT2D eigenvalue weighted by molar-refractivity contribution is 0.102. The first kappa shape index (κ1) is 14.8. The number of rotatable bonds is 2. The average Bonchev–Trinajstić information content (AvgIpc) is 2.78. The number of nitrogens with zero attached hydrogens (tertiary/aromatic N) is 1. The van der Waals surface area contributed by atoms with Crippen LogP contribution in [0.1, 0.15) is 27.3 Å². The molecule has 0 spiro atoms. The highest BCUT2D eigenvalue weighted by atomic mass is 19.1. The Morgan fingerprint density at radius 2 is 2.24 bits per heavy atom. The monoisotopic (exact) mass is 287 g/mol. The first-order valence-corrected chi connectivity index (χ1v) is 6.25. The number of aryl methyl sites for hydroxylation is 2. The molecule has 0 radical (unpaired) electrons. The predicted molar refractivity (Wildman–Crippen MR) is 76.4 cm³/mol. The molecule has 1 aromatic heterocycles. The van der Waals surface area contributed by atoms with Crippen LogP contribution in [0.2, 0.25) is 0 Å². The fourth-order valence-electron chi connectivity index (χ4n) is 1.83. The summed E-state index contributed by atoms with van der Waals surface area (Å²) >= 11 is 0. The molecule has 0 atom stereocenters. The SMILES string of the molecule is Cc1n[nH]c(C)c1NC(=O)c1cc(C#CCO)ccc1F. The molecule has 1 heterocycles. The first-order chi connectivity index (χ1) is 10.0. The molecule has 0 fully saturated rings. The molecule has 2 aromatic rings. The van der Waals surface area contributed by atoms with Crippen molar-refractivity contribution >= 4 is 11.6 Å². The van der Waals surface area contributed by atoms with Crippen LogP contribution in [0.4, 0.5) is 10.1 Å². The number of hydrogen-bond donors (Lipinski definition) is 3. The van der Waals surface area contributed by atoms with E-state index in [0.717, 1.165) is 0 Å². The van der Waals surface area contributed by atoms with Gasteiger partial charge >= 0.3 is 0 Å². The first-order valence-electron chi connectivity index (χ1n) is 6.25. The Morgan fingerprint density at radius 3 is 2.86 bits per heavy atom. The molecule has 0 unspecified atom stereocenters. The van der Waals surface area contributed by atoms with E-state index in [1.165, 1.54) is 18.2 Å². The van der Waals surface area contributed by atoms with Crippen LogP contribution in [0.25, 0.3) is 0 Å². The van der Waals surface area contributed by atoms with Gasteiger partial charge < -0.3 is 10.4 Å². The Bertz CT molecular complexity index is 722. The number of aromatic amines is 1. The molecule has 0 aliphatic rings. The molecule has 6 heteroatoms. The quantitative estimate of drug-likeness (QED) is 0.736. The lowest BCUT2D eigenvalue weighted by Gasteiger charge is -2.06. The van der Waals surface area contributed by atoms with Crippen LogP contribution in [0.3, 0.4) is 0 Å². The minimum atomic E-state index is -0.638. The maximum absolute atomic E-state index is 13.8. The number of hydrogen-bond acceptors (Lipinski definition) is 3. The zero-order valence-corrected chi connectivity index (χ0v) is 11.6. The molecule has 2 rings (SSSR count). The molecule has 0 aliphatic carbocycles. The van der Waals surface area contributed by atoms with Gasteiger partial charge in [-0.15, -0.1) is 0 Å². The Kier molecular flexibility index (Phi) is 4.36. The van der Waals surface area contributed by atoms with E-state index in [9.17, 15) is 9.18 Å². The maximum Gasteiger partial charge on any atom is 0.258 e. The van der Waals surface area contributed by atoms with Crippen molar-refractivity contribution in [2.75, 3.05) is 11.9 Å². The number of carbonyl (C=O) groups excluding carboxylic acids is 1. The Hall–Kier alpha value is -2.65. The molecule has 0 aliphatic heterocycles. The number of anilines is 1. The third-order valence-corrected chi connectivity index (χ3v) is 2.89. The minimum absolute atomic E-state index is 0.111. The van der Waals surface area contributed by atoms with Gasteiger partial charge in [0.1, 0.15) is 12.4 Å². The number of amides is 1. The van der Waals surface area contributed by atoms with Crippen molar-refractivity contribution in [1.82, 2.24) is 10.2 Å². The molecular weight excluding hydrogens is 273 g/mol. The average molecular weight is 287 g/mol. The molecule has 0 saturated carbocycles. The van der Waals surface area contributed by atoms with Gasteiger partial charge in [0.25, 0.3) is 5.91 Å². The van der Waals surface area contributed by atoms with E-state index in [0.29, 0.717) is 22.6 Å². The third kappa shape index (κ3) is 3.27. The summed E-state index contributed by atoms with van der Waals surface area (Å²) in [5, 5.41) is 18.0. The standard InChI is InChI=1S/C15H14FN3O2/c1-9-14(10(2)19-18-9)17-15(21)12-8-11(4-3-7-20)5-6-13(12)16/h5-6,8,20H,7H2,1-2H3,(H,17,21)(H,18,19). The molecule has 108 valence electrons. The van der Waals surface area contributed by atoms with Crippen LogP contribution in [0.5, 0.6) is 0 Å². The summed E-state index contributed by atoms with van der Waals surface area (Å²) in [6.07, 6.45) is 0. The van der Waals surface area contributed by atoms with Crippen molar-refractivity contribution in [3.05, 3.63) is 46.5 Å². The summed E-state index contributed by atoms with van der Waals surface area (Å²) in [4.78, 5) is 12.2. The second kappa shape index (κ2) is 6.20. The number of halogens is 1. The molecule has 0 bridgehead atoms. The van der Waals surface area contributed by atoms with E-state index in [2.05, 4.69) is 27.4 Å². The molecule has 1 amide bonds. The molecular formula is C15H14FN3O2. The largest absolute Gasteiger partial charge is 0.384 e. The normalized spacial score (nSPS) is 9.90. The second-order valence-corrected chi connectivity index (χ2v) is 4.42. The summed E-state index contributed by atoms with van der Waals surface area (Å²) in [6, 6.07) is 3.96. The highest BCUT2D eigenvalue weighted by molar-refractivity contribution is 6.05. The molecule has 0 saturated heterocycles. The number of nitrogens with one attached hydrogen (secondary N) is 2. The summed E-state index contributed by atoms with van der Waals surface area (Å²) < 4.78 is 13.8. The molecule has 21 heavy (non-hydrogen) atoms. The van der Waals surface area contributed by atoms with E-state index in [4.69, 9.17) is 5.11 Å². The Balaban J connectivity index is 2.30. The van der Waals surface area contributed by atoms with Crippen molar-refractivity contribution in [3.8, 4) is 11.8 Å². The Morgan fingerprint density at radius 1 is 1.48 bits per heavy atom. The van der Waals surface area contributed by atoms with Crippen LogP contribution in [-0.2, 0) is 0 Å². The summed E-state index contributed by atoms with van der Waals surface area (Å²) in [5.41, 5.74) is 2.19. The summed E-state index contributed by atoms with van der Waals surface area (Å²) in [5.74, 6) is 3.87. The minimum Gasteiger partial charge on any atom is -0.384 e. The van der Waals surface area contributed by atoms with Gasteiger partial charge in [0.05, 0.1) is 22.6 Å². The van der Waals surface area contributed by atoms with E-state index in [1.807, 2.05) is 0 Å². The van der Waals surface area contributed by atoms with Crippen molar-refractivity contribution in [3.63, 3.8) is 0 Å². The number of aliphatic hydroxyl groups excluding tert-OH is 1. The predicted octanol–water partition coefficient (Wildman–Crippen LogP) is 1.76. The van der Waals surface area contributed by atoms with E-state index in [-0.39, 0.29) is 12.2 Å². The topological polar surface area (TPSA) is 78.0 Å². The zero-order valence-electron chi connectivity index (χ0n) is 11.6. The molecule has 1 aromatic carbocycles. The zero-order chi connectivity index (χ0) is 15.4. The van der Waals surface area contributed by atoms with Crippen molar-refractivity contribution < 1.29 is 14.3 Å². The van der Waals surface area contributed by atoms with Crippen LogP contribution < -0.4 is 5.32 Å². The van der Waals surface area contributed by atoms with Crippen molar-refractivity contribution in [2.24, 2.45) is 0 Å². The van der Waals surface area contributed by atoms with Crippen molar-refractivity contribution in [2.45, 2.75) is 13.8 Å². The van der Waals surface area contributed by atoms with Gasteiger partial charge in [-0.25, -0.2) is 4.39 Å². The van der Waals surface area contributed by atoms with Gasteiger partial charge in [-0.2, -0.15) is 5.10 Å². The van der Waals surface area contributed by atoms with Gasteiger partial charge in [0.15, 0.2) is 0 Å². The fraction of sp³-hybridized carbons (Fsp3) is 0.200. The van der Waals surface area contributed by atoms with Gasteiger partial charge in [-0.1, -0.05) is 11.8 Å². The van der Waals surface area contributed by atoms with Crippen LogP contribution in [-0.4, -0.2) is 27.8 Å². The number of aliphatic hydroxyl groups is 1. The van der Waals surface area contributed by atoms with Crippen LogP contribution in [0.15, 0.2) is 18.2 Å². The number of carbonyl (C=O) groups is 1. The third-order valence-electron chi connectivity index (χ3n) is 2.89. The Labute approximate surface area is 121 Å². The number of H-pyrrole nitrogens is 1. The van der Waals surface area contributed by atoms with Crippen LogP contribution in [0, 0.1) is 31.5 Å². The highest BCUT2D eigenvalue weighted by Gasteiger charge is 2.15. The maximum atomic E-state index is 13.8. The van der Waals surface area contributed by atoms with Crippen molar-refractivity contribution in [1.29, 1.82) is 0 Å². The van der Waals surface area contributed by atoms with Crippen LogP contribution >= 0.6 is 0 Å². The lowest BCUT2D eigenvalue weighted by Crippen LogP contribution is -2.15. The van der Waals surface area contributed by atoms with Gasteiger partial charge in [0.2, 0.25) is 0 Å². The lowest BCUT2D eigenvalue weighted by atomic mass is 10.1. The molecule has 5 nitrogen and oxygen atoms in total. The summed E-state index contributed by atoms with van der Waals surface area (Å²) in [6.45, 7) is 3.19. The summed E-state index contributed by atoms with van der Waals surface area (Å²) in [7, 11) is 0. The number of aromatic nitrogens is 2. The molecule has 3 N–H and O–H groups in total.